The lowest BCUT2D eigenvalue weighted by Gasteiger charge is -2.20. The molecule has 150 valence electrons. The molecule has 1 saturated carbocycles. The molecule has 0 unspecified atom stereocenters. The first-order valence-electron chi connectivity index (χ1n) is 9.49. The number of pyridine rings is 2. The van der Waals surface area contributed by atoms with E-state index >= 15 is 0 Å². The molecule has 2 aromatic rings. The summed E-state index contributed by atoms with van der Waals surface area (Å²) in [7, 11) is 0. The summed E-state index contributed by atoms with van der Waals surface area (Å²) in [6.07, 6.45) is 1.87. The van der Waals surface area contributed by atoms with E-state index in [1.807, 2.05) is 6.92 Å². The fourth-order valence-corrected chi connectivity index (χ4v) is 3.77. The van der Waals surface area contributed by atoms with Crippen molar-refractivity contribution in [3.8, 4) is 0 Å². The van der Waals surface area contributed by atoms with Crippen LogP contribution in [0.15, 0.2) is 17.1 Å². The number of aromatic nitrogens is 2. The van der Waals surface area contributed by atoms with Crippen LogP contribution in [0.4, 0.5) is 14.6 Å². The first-order valence-corrected chi connectivity index (χ1v) is 9.49. The van der Waals surface area contributed by atoms with E-state index in [0.717, 1.165) is 25.5 Å². The molecule has 9 heteroatoms. The van der Waals surface area contributed by atoms with Crippen molar-refractivity contribution in [1.29, 1.82) is 0 Å². The molecule has 28 heavy (non-hydrogen) atoms. The Kier molecular flexibility index (Phi) is 4.78. The number of halogens is 2. The zero-order chi connectivity index (χ0) is 20.0. The Labute approximate surface area is 160 Å². The van der Waals surface area contributed by atoms with Crippen molar-refractivity contribution in [2.75, 3.05) is 31.1 Å². The number of anilines is 1. The molecule has 2 fully saturated rings. The molecule has 3 heterocycles. The number of alkyl halides is 1. The highest BCUT2D eigenvalue weighted by atomic mass is 19.1. The molecule has 4 rings (SSSR count). The highest BCUT2D eigenvalue weighted by Crippen LogP contribution is 2.37. The summed E-state index contributed by atoms with van der Waals surface area (Å²) >= 11 is 0. The maximum Gasteiger partial charge on any atom is 0.341 e. The topological polar surface area (TPSA) is 87.5 Å². The van der Waals surface area contributed by atoms with Gasteiger partial charge in [-0.05, 0) is 25.5 Å². The van der Waals surface area contributed by atoms with E-state index in [4.69, 9.17) is 0 Å². The Morgan fingerprint density at radius 3 is 2.79 bits per heavy atom. The van der Waals surface area contributed by atoms with Gasteiger partial charge in [-0.25, -0.2) is 18.6 Å². The van der Waals surface area contributed by atoms with Crippen LogP contribution in [0.5, 0.6) is 0 Å². The number of nitrogens with one attached hydrogen (secondary N) is 1. The number of hydrogen-bond donors (Lipinski definition) is 2. The normalized spacial score (nSPS) is 22.2. The third-order valence-electron chi connectivity index (χ3n) is 5.43. The molecule has 2 aromatic heterocycles. The van der Waals surface area contributed by atoms with E-state index in [9.17, 15) is 23.5 Å². The van der Waals surface area contributed by atoms with Crippen LogP contribution in [0, 0.1) is 11.7 Å². The van der Waals surface area contributed by atoms with Crippen LogP contribution in [0.1, 0.15) is 36.2 Å². The fraction of sp³-hybridized carbons (Fsp3) is 0.526. The zero-order valence-corrected chi connectivity index (χ0v) is 15.5. The fourth-order valence-electron chi connectivity index (χ4n) is 3.77. The smallest absolute Gasteiger partial charge is 0.341 e. The predicted octanol–water partition coefficient (Wildman–Crippen LogP) is 1.95. The van der Waals surface area contributed by atoms with Gasteiger partial charge >= 0.3 is 5.97 Å². The summed E-state index contributed by atoms with van der Waals surface area (Å²) in [5, 5.41) is 12.3. The summed E-state index contributed by atoms with van der Waals surface area (Å²) in [5.74, 6) is -2.36. The second kappa shape index (κ2) is 7.12. The van der Waals surface area contributed by atoms with Gasteiger partial charge < -0.3 is 19.9 Å². The van der Waals surface area contributed by atoms with E-state index in [1.54, 1.807) is 9.47 Å². The number of nitrogens with zero attached hydrogens (tertiary/aromatic N) is 3. The number of carboxylic acid groups (broad SMARTS) is 1. The molecule has 1 aliphatic carbocycles. The van der Waals surface area contributed by atoms with Crippen molar-refractivity contribution in [1.82, 2.24) is 14.9 Å². The Morgan fingerprint density at radius 2 is 2.14 bits per heavy atom. The molecule has 0 radical (unpaired) electrons. The molecule has 1 saturated heterocycles. The van der Waals surface area contributed by atoms with E-state index < -0.39 is 29.0 Å². The van der Waals surface area contributed by atoms with Crippen molar-refractivity contribution in [3.63, 3.8) is 0 Å². The molecular formula is C19H22F2N4O3. The third kappa shape index (κ3) is 3.23. The summed E-state index contributed by atoms with van der Waals surface area (Å²) in [5.41, 5.74) is -0.907. The molecule has 7 nitrogen and oxygen atoms in total. The largest absolute Gasteiger partial charge is 0.477 e. The van der Waals surface area contributed by atoms with Crippen LogP contribution in [-0.2, 0) is 0 Å². The van der Waals surface area contributed by atoms with Gasteiger partial charge in [-0.1, -0.05) is 6.92 Å². The lowest BCUT2D eigenvalue weighted by molar-refractivity contribution is 0.0695. The van der Waals surface area contributed by atoms with Crippen LogP contribution in [0.2, 0.25) is 0 Å². The van der Waals surface area contributed by atoms with Crippen molar-refractivity contribution >= 4 is 22.8 Å². The monoisotopic (exact) mass is 392 g/mol. The van der Waals surface area contributed by atoms with Crippen LogP contribution in [0.3, 0.4) is 0 Å². The standard InChI is InChI=1S/C19H22F2N4O3/c1-2-22-6-10-7-24(9-15(10)21)18-14(20)5-12-16(26)13(19(27)28)8-25(11-3-4-11)17(12)23-18/h5,8,10-11,15,22H,2-4,6-7,9H2,1H3,(H,27,28)/t10-,15+/m0/s1. The number of rotatable bonds is 6. The number of carboxylic acids is 1. The van der Waals surface area contributed by atoms with E-state index in [-0.39, 0.29) is 35.4 Å². The SMILES string of the molecule is CCNC[C@H]1CN(c2nc3c(cc2F)c(=O)c(C(=O)O)cn3C2CC2)C[C@H]1F. The average molecular weight is 392 g/mol. The van der Waals surface area contributed by atoms with Gasteiger partial charge in [0.25, 0.3) is 0 Å². The average Bonchev–Trinajstić information content (AvgIpc) is 3.43. The second-order valence-electron chi connectivity index (χ2n) is 7.47. The Balaban J connectivity index is 1.78. The molecule has 0 spiro atoms. The molecule has 2 atom stereocenters. The van der Waals surface area contributed by atoms with E-state index in [1.165, 1.54) is 6.20 Å². The zero-order valence-electron chi connectivity index (χ0n) is 15.5. The van der Waals surface area contributed by atoms with Gasteiger partial charge in [0.05, 0.1) is 11.9 Å². The van der Waals surface area contributed by atoms with Crippen LogP contribution in [-0.4, -0.2) is 53.0 Å². The second-order valence-corrected chi connectivity index (χ2v) is 7.47. The van der Waals surface area contributed by atoms with Gasteiger partial charge in [-0.2, -0.15) is 0 Å². The van der Waals surface area contributed by atoms with E-state index in [0.29, 0.717) is 13.1 Å². The minimum absolute atomic E-state index is 0.00558. The highest BCUT2D eigenvalue weighted by molar-refractivity contribution is 5.92. The molecule has 0 aromatic carbocycles. The van der Waals surface area contributed by atoms with Crippen LogP contribution in [0.25, 0.3) is 11.0 Å². The van der Waals surface area contributed by atoms with Crippen molar-refractivity contribution in [2.24, 2.45) is 5.92 Å². The van der Waals surface area contributed by atoms with Crippen molar-refractivity contribution < 1.29 is 18.7 Å². The molecule has 0 amide bonds. The third-order valence-corrected chi connectivity index (χ3v) is 5.43. The van der Waals surface area contributed by atoms with Gasteiger partial charge in [0.2, 0.25) is 5.43 Å². The Morgan fingerprint density at radius 1 is 1.39 bits per heavy atom. The maximum atomic E-state index is 14.8. The van der Waals surface area contributed by atoms with Crippen molar-refractivity contribution in [3.05, 3.63) is 33.9 Å². The molecule has 2 aliphatic rings. The summed E-state index contributed by atoms with van der Waals surface area (Å²) in [6.45, 7) is 3.52. The van der Waals surface area contributed by atoms with Crippen LogP contribution >= 0.6 is 0 Å². The minimum atomic E-state index is -1.35. The van der Waals surface area contributed by atoms with Gasteiger partial charge in [0.15, 0.2) is 11.6 Å². The van der Waals surface area contributed by atoms with Gasteiger partial charge in [-0.15, -0.1) is 0 Å². The quantitative estimate of drug-likeness (QED) is 0.782. The Hall–Kier alpha value is -2.55. The van der Waals surface area contributed by atoms with Gasteiger partial charge in [-0.3, -0.25) is 4.79 Å². The molecule has 1 aliphatic heterocycles. The predicted molar refractivity (Wildman–Crippen MR) is 100 cm³/mol. The van der Waals surface area contributed by atoms with Gasteiger partial charge in [0, 0.05) is 31.2 Å². The molecular weight excluding hydrogens is 370 g/mol. The number of carbonyl (C=O) groups is 1. The lowest BCUT2D eigenvalue weighted by Crippen LogP contribution is -2.29. The van der Waals surface area contributed by atoms with E-state index in [2.05, 4.69) is 10.3 Å². The van der Waals surface area contributed by atoms with Gasteiger partial charge in [0.1, 0.15) is 17.4 Å². The van der Waals surface area contributed by atoms with Crippen LogP contribution < -0.4 is 15.6 Å². The molecule has 2 N–H and O–H groups in total. The highest BCUT2D eigenvalue weighted by Gasteiger charge is 2.35. The summed E-state index contributed by atoms with van der Waals surface area (Å²) in [6, 6.07) is 1.08. The first-order chi connectivity index (χ1) is 13.4. The maximum absolute atomic E-state index is 14.8. The number of fused-ring (bicyclic) bond motifs is 1. The number of aromatic carboxylic acids is 1. The van der Waals surface area contributed by atoms with Crippen molar-refractivity contribution in [2.45, 2.75) is 32.0 Å². The summed E-state index contributed by atoms with van der Waals surface area (Å²) < 4.78 is 30.8. The Bertz CT molecular complexity index is 989. The number of hydrogen-bond acceptors (Lipinski definition) is 5. The molecule has 0 bridgehead atoms. The first kappa shape index (κ1) is 18.8. The lowest BCUT2D eigenvalue weighted by atomic mass is 10.1. The summed E-state index contributed by atoms with van der Waals surface area (Å²) in [4.78, 5) is 29.8. The minimum Gasteiger partial charge on any atom is -0.477 e.